The Kier molecular flexibility index (Phi) is 5.93. The third kappa shape index (κ3) is 4.26. The molecule has 2 heterocycles. The van der Waals surface area contributed by atoms with Crippen LogP contribution < -0.4 is 10.5 Å². The maximum absolute atomic E-state index is 14.1. The van der Waals surface area contributed by atoms with Crippen molar-refractivity contribution in [1.82, 2.24) is 9.47 Å². The topological polar surface area (TPSA) is 60.5 Å². The van der Waals surface area contributed by atoms with Crippen LogP contribution in [-0.2, 0) is 6.54 Å². The zero-order valence-corrected chi connectivity index (χ0v) is 17.4. The van der Waals surface area contributed by atoms with Gasteiger partial charge in [-0.2, -0.15) is 0 Å². The van der Waals surface area contributed by atoms with Crippen molar-refractivity contribution in [1.29, 1.82) is 0 Å². The molecule has 1 aromatic heterocycles. The van der Waals surface area contributed by atoms with Gasteiger partial charge in [0.2, 0.25) is 5.91 Å². The van der Waals surface area contributed by atoms with E-state index in [4.69, 9.17) is 10.5 Å². The van der Waals surface area contributed by atoms with E-state index in [2.05, 4.69) is 9.47 Å². The lowest BCUT2D eigenvalue weighted by Gasteiger charge is -2.30. The van der Waals surface area contributed by atoms with Crippen LogP contribution in [0.4, 0.5) is 8.78 Å². The van der Waals surface area contributed by atoms with E-state index in [1.807, 2.05) is 19.2 Å². The summed E-state index contributed by atoms with van der Waals surface area (Å²) in [7, 11) is 0. The fourth-order valence-corrected chi connectivity index (χ4v) is 4.06. The van der Waals surface area contributed by atoms with Gasteiger partial charge in [-0.3, -0.25) is 4.79 Å². The van der Waals surface area contributed by atoms with Gasteiger partial charge in [0.25, 0.3) is 0 Å². The molecule has 0 bridgehead atoms. The molecular weight excluding hydrogens is 400 g/mol. The molecule has 4 rings (SSSR count). The molecular formula is C24H25F2N3O2. The summed E-state index contributed by atoms with van der Waals surface area (Å²) in [5.74, 6) is -1.28. The number of nitrogens with two attached hydrogens (primary N) is 1. The molecule has 0 fully saturated rings. The van der Waals surface area contributed by atoms with Crippen LogP contribution in [0.3, 0.4) is 0 Å². The molecule has 2 N–H and O–H groups in total. The summed E-state index contributed by atoms with van der Waals surface area (Å²) in [5.41, 5.74) is 7.88. The first kappa shape index (κ1) is 20.9. The van der Waals surface area contributed by atoms with Gasteiger partial charge in [0.1, 0.15) is 12.4 Å². The second-order valence-corrected chi connectivity index (χ2v) is 7.63. The van der Waals surface area contributed by atoms with Gasteiger partial charge in [0, 0.05) is 31.4 Å². The minimum absolute atomic E-state index is 0.0721. The molecule has 1 amide bonds. The van der Waals surface area contributed by atoms with Crippen molar-refractivity contribution < 1.29 is 18.3 Å². The number of fused-ring (bicyclic) bond motifs is 2. The van der Waals surface area contributed by atoms with E-state index in [1.165, 1.54) is 18.2 Å². The Morgan fingerprint density at radius 3 is 2.81 bits per heavy atom. The van der Waals surface area contributed by atoms with E-state index >= 15 is 0 Å². The van der Waals surface area contributed by atoms with Gasteiger partial charge in [0.15, 0.2) is 11.6 Å². The average Bonchev–Trinajstić information content (AvgIpc) is 3.15. The number of likely N-dealkylation sites (N-methyl/N-ethyl adjacent to an activating group) is 1. The normalized spacial score (nSPS) is 12.9. The molecule has 0 saturated carbocycles. The summed E-state index contributed by atoms with van der Waals surface area (Å²) in [6.07, 6.45) is 5.62. The van der Waals surface area contributed by atoms with Crippen LogP contribution in [0, 0.1) is 11.6 Å². The molecule has 0 saturated heterocycles. The van der Waals surface area contributed by atoms with Gasteiger partial charge in [-0.25, -0.2) is 8.78 Å². The lowest BCUT2D eigenvalue weighted by molar-refractivity contribution is 0.0999. The smallest absolute Gasteiger partial charge is 0.249 e. The summed E-state index contributed by atoms with van der Waals surface area (Å²) in [6, 6.07) is 9.40. The van der Waals surface area contributed by atoms with Crippen LogP contribution in [0.5, 0.6) is 5.75 Å². The number of benzene rings is 2. The van der Waals surface area contributed by atoms with Gasteiger partial charge >= 0.3 is 0 Å². The van der Waals surface area contributed by atoms with Crippen LogP contribution in [0.2, 0.25) is 0 Å². The number of rotatable bonds is 8. The molecule has 5 nitrogen and oxygen atoms in total. The molecule has 3 aromatic rings. The molecule has 0 radical (unpaired) electrons. The molecule has 162 valence electrons. The number of halogens is 2. The Hall–Kier alpha value is -3.35. The molecule has 0 atom stereocenters. The van der Waals surface area contributed by atoms with Crippen LogP contribution in [0.1, 0.15) is 35.7 Å². The largest absolute Gasteiger partial charge is 0.484 e. The highest BCUT2D eigenvalue weighted by Crippen LogP contribution is 2.33. The fourth-order valence-electron chi connectivity index (χ4n) is 4.06. The molecule has 0 aliphatic carbocycles. The number of primary amides is 1. The standard InChI is InChI=1S/C24H25F2N3O2/c1-2-28(10-3-4-11-29-12-9-16-5-6-17(25)13-22(16)29)18-14-20-19(24(27)30)7-8-21(26)23(20)31-15-18/h5-9,12-14H,2-4,10-11,15H2,1H3,(H2,27,30). The minimum Gasteiger partial charge on any atom is -0.484 e. The van der Waals surface area contributed by atoms with E-state index in [0.717, 1.165) is 49.1 Å². The van der Waals surface area contributed by atoms with Gasteiger partial charge < -0.3 is 19.9 Å². The summed E-state index contributed by atoms with van der Waals surface area (Å²) >= 11 is 0. The Balaban J connectivity index is 1.43. The van der Waals surface area contributed by atoms with E-state index in [9.17, 15) is 13.6 Å². The third-order valence-corrected chi connectivity index (χ3v) is 5.69. The quantitative estimate of drug-likeness (QED) is 0.539. The molecule has 0 unspecified atom stereocenters. The summed E-state index contributed by atoms with van der Waals surface area (Å²) < 4.78 is 35.4. The molecule has 1 aliphatic heterocycles. The predicted octanol–water partition coefficient (Wildman–Crippen LogP) is 4.55. The van der Waals surface area contributed by atoms with Crippen molar-refractivity contribution in [2.45, 2.75) is 26.3 Å². The number of ether oxygens (including phenoxy) is 1. The first-order valence-corrected chi connectivity index (χ1v) is 10.4. The molecule has 2 aromatic carbocycles. The van der Waals surface area contributed by atoms with Crippen LogP contribution >= 0.6 is 0 Å². The van der Waals surface area contributed by atoms with Crippen LogP contribution in [0.25, 0.3) is 17.0 Å². The number of carbonyl (C=O) groups excluding carboxylic acids is 1. The fraction of sp³-hybridized carbons (Fsp3) is 0.292. The van der Waals surface area contributed by atoms with E-state index < -0.39 is 11.7 Å². The number of unbranched alkanes of at least 4 members (excludes halogenated alkanes) is 1. The van der Waals surface area contributed by atoms with E-state index in [0.29, 0.717) is 5.56 Å². The number of carbonyl (C=O) groups is 1. The number of aryl methyl sites for hydroxylation is 1. The Labute approximate surface area is 179 Å². The molecule has 31 heavy (non-hydrogen) atoms. The number of aromatic nitrogens is 1. The first-order chi connectivity index (χ1) is 15.0. The highest BCUT2D eigenvalue weighted by Gasteiger charge is 2.23. The van der Waals surface area contributed by atoms with Crippen molar-refractivity contribution in [3.05, 3.63) is 71.1 Å². The maximum atomic E-state index is 14.1. The van der Waals surface area contributed by atoms with Crippen molar-refractivity contribution in [2.75, 3.05) is 19.7 Å². The van der Waals surface area contributed by atoms with Crippen molar-refractivity contribution in [3.63, 3.8) is 0 Å². The summed E-state index contributed by atoms with van der Waals surface area (Å²) in [5, 5.41) is 1.03. The molecule has 0 spiro atoms. The highest BCUT2D eigenvalue weighted by molar-refractivity contribution is 5.98. The average molecular weight is 425 g/mol. The lowest BCUT2D eigenvalue weighted by atomic mass is 10.0. The van der Waals surface area contributed by atoms with Crippen molar-refractivity contribution in [2.24, 2.45) is 5.73 Å². The predicted molar refractivity (Wildman–Crippen MR) is 117 cm³/mol. The number of nitrogens with zero attached hydrogens (tertiary/aromatic N) is 2. The third-order valence-electron chi connectivity index (χ3n) is 5.69. The van der Waals surface area contributed by atoms with Gasteiger partial charge in [-0.1, -0.05) is 0 Å². The van der Waals surface area contributed by atoms with Crippen LogP contribution in [-0.4, -0.2) is 35.1 Å². The zero-order chi connectivity index (χ0) is 22.0. The number of hydrogen-bond acceptors (Lipinski definition) is 3. The van der Waals surface area contributed by atoms with Crippen LogP contribution in [0.15, 0.2) is 48.3 Å². The van der Waals surface area contributed by atoms with Gasteiger partial charge in [0.05, 0.1) is 16.8 Å². The monoisotopic (exact) mass is 425 g/mol. The number of hydrogen-bond donors (Lipinski definition) is 1. The van der Waals surface area contributed by atoms with E-state index in [1.54, 1.807) is 18.2 Å². The maximum Gasteiger partial charge on any atom is 0.249 e. The highest BCUT2D eigenvalue weighted by atomic mass is 19.1. The van der Waals surface area contributed by atoms with Gasteiger partial charge in [-0.15, -0.1) is 0 Å². The van der Waals surface area contributed by atoms with Crippen molar-refractivity contribution in [3.8, 4) is 5.75 Å². The zero-order valence-electron chi connectivity index (χ0n) is 17.4. The molecule has 1 aliphatic rings. The lowest BCUT2D eigenvalue weighted by Crippen LogP contribution is -2.29. The summed E-state index contributed by atoms with van der Waals surface area (Å²) in [4.78, 5) is 13.9. The minimum atomic E-state index is -0.615. The SMILES string of the molecule is CCN(CCCCn1ccc2ccc(F)cc21)C1=Cc2c(C(N)=O)ccc(F)c2OC1. The number of amides is 1. The van der Waals surface area contributed by atoms with E-state index in [-0.39, 0.29) is 23.7 Å². The Bertz CT molecular complexity index is 1150. The van der Waals surface area contributed by atoms with Gasteiger partial charge in [-0.05, 0) is 67.6 Å². The first-order valence-electron chi connectivity index (χ1n) is 10.4. The Morgan fingerprint density at radius 1 is 1.19 bits per heavy atom. The van der Waals surface area contributed by atoms with Crippen molar-refractivity contribution >= 4 is 22.9 Å². The Morgan fingerprint density at radius 2 is 2.03 bits per heavy atom. The summed E-state index contributed by atoms with van der Waals surface area (Å²) in [6.45, 7) is 4.61. The second-order valence-electron chi connectivity index (χ2n) is 7.63. The second kappa shape index (κ2) is 8.79. The molecule has 7 heteroatoms.